The van der Waals surface area contributed by atoms with Gasteiger partial charge in [0.2, 0.25) is 5.91 Å². The van der Waals surface area contributed by atoms with Gasteiger partial charge in [-0.2, -0.15) is 0 Å². The van der Waals surface area contributed by atoms with Crippen LogP contribution in [0.2, 0.25) is 0 Å². The maximum absolute atomic E-state index is 12.5. The molecule has 1 aliphatic rings. The summed E-state index contributed by atoms with van der Waals surface area (Å²) in [5.41, 5.74) is 0.871. The van der Waals surface area contributed by atoms with Crippen molar-refractivity contribution in [3.8, 4) is 0 Å². The largest absolute Gasteiger partial charge is 0.451 e. The maximum atomic E-state index is 12.5. The number of carbonyl (C=O) groups excluding carboxylic acids is 3. The fraction of sp³-hybridized carbons (Fsp3) is 0.571. The molecule has 0 heterocycles. The standard InChI is InChI=1S/C21H30N2O4/c1-14(2)19(23-18(24)13-16-9-5-4-6-10-16)21(26)27-15(3)20(25)22-17-11-7-8-12-17/h4-6,9-10,14-15,17,19H,7-8,11-13H2,1-3H3,(H,22,25)(H,23,24). The van der Waals surface area contributed by atoms with Crippen molar-refractivity contribution < 1.29 is 19.1 Å². The highest BCUT2D eigenvalue weighted by Gasteiger charge is 2.29. The molecule has 27 heavy (non-hydrogen) atoms. The molecule has 1 aromatic rings. The number of benzene rings is 1. The van der Waals surface area contributed by atoms with E-state index in [2.05, 4.69) is 10.6 Å². The van der Waals surface area contributed by atoms with Gasteiger partial charge >= 0.3 is 5.97 Å². The Morgan fingerprint density at radius 3 is 2.30 bits per heavy atom. The first-order chi connectivity index (χ1) is 12.9. The second-order valence-electron chi connectivity index (χ2n) is 7.52. The highest BCUT2D eigenvalue weighted by Crippen LogP contribution is 2.18. The molecule has 0 spiro atoms. The molecule has 0 aliphatic heterocycles. The minimum atomic E-state index is -0.884. The molecule has 0 saturated heterocycles. The number of hydrogen-bond donors (Lipinski definition) is 2. The van der Waals surface area contributed by atoms with E-state index in [4.69, 9.17) is 4.74 Å². The van der Waals surface area contributed by atoms with Crippen LogP contribution in [0.15, 0.2) is 30.3 Å². The molecule has 148 valence electrons. The number of rotatable bonds is 8. The lowest BCUT2D eigenvalue weighted by Gasteiger charge is -2.23. The van der Waals surface area contributed by atoms with Gasteiger partial charge in [-0.25, -0.2) is 4.79 Å². The first-order valence-corrected chi connectivity index (χ1v) is 9.71. The lowest BCUT2D eigenvalue weighted by atomic mass is 10.0. The van der Waals surface area contributed by atoms with E-state index >= 15 is 0 Å². The van der Waals surface area contributed by atoms with Gasteiger partial charge in [0.1, 0.15) is 6.04 Å². The predicted octanol–water partition coefficient (Wildman–Crippen LogP) is 2.36. The number of nitrogens with one attached hydrogen (secondary N) is 2. The molecule has 1 saturated carbocycles. The van der Waals surface area contributed by atoms with Gasteiger partial charge in [0.25, 0.3) is 5.91 Å². The Labute approximate surface area is 161 Å². The molecular formula is C21H30N2O4. The molecule has 6 nitrogen and oxygen atoms in total. The van der Waals surface area contributed by atoms with E-state index in [0.29, 0.717) is 0 Å². The van der Waals surface area contributed by atoms with Crippen LogP contribution < -0.4 is 10.6 Å². The molecule has 0 radical (unpaired) electrons. The number of esters is 1. The van der Waals surface area contributed by atoms with Gasteiger partial charge in [-0.1, -0.05) is 57.0 Å². The molecule has 0 aromatic heterocycles. The lowest BCUT2D eigenvalue weighted by Crippen LogP contribution is -2.48. The van der Waals surface area contributed by atoms with Crippen LogP contribution in [-0.2, 0) is 25.5 Å². The highest BCUT2D eigenvalue weighted by molar-refractivity contribution is 5.88. The Balaban J connectivity index is 1.87. The van der Waals surface area contributed by atoms with Crippen molar-refractivity contribution in [2.75, 3.05) is 0 Å². The SMILES string of the molecule is CC(OC(=O)C(NC(=O)Cc1ccccc1)C(C)C)C(=O)NC1CCCC1. The summed E-state index contributed by atoms with van der Waals surface area (Å²) in [5, 5.41) is 5.66. The second-order valence-corrected chi connectivity index (χ2v) is 7.52. The first-order valence-electron chi connectivity index (χ1n) is 9.71. The summed E-state index contributed by atoms with van der Waals surface area (Å²) >= 11 is 0. The van der Waals surface area contributed by atoms with Crippen molar-refractivity contribution >= 4 is 17.8 Å². The van der Waals surface area contributed by atoms with E-state index in [1.807, 2.05) is 44.2 Å². The topological polar surface area (TPSA) is 84.5 Å². The number of amides is 2. The third-order valence-corrected chi connectivity index (χ3v) is 4.81. The Morgan fingerprint density at radius 1 is 1.07 bits per heavy atom. The van der Waals surface area contributed by atoms with Crippen molar-refractivity contribution in [3.63, 3.8) is 0 Å². The predicted molar refractivity (Wildman–Crippen MR) is 103 cm³/mol. The zero-order chi connectivity index (χ0) is 19.8. The fourth-order valence-electron chi connectivity index (χ4n) is 3.19. The second kappa shape index (κ2) is 10.1. The van der Waals surface area contributed by atoms with Gasteiger partial charge in [-0.15, -0.1) is 0 Å². The highest BCUT2D eigenvalue weighted by atomic mass is 16.5. The van der Waals surface area contributed by atoms with E-state index in [9.17, 15) is 14.4 Å². The van der Waals surface area contributed by atoms with Gasteiger partial charge in [-0.05, 0) is 31.2 Å². The van der Waals surface area contributed by atoms with E-state index in [1.54, 1.807) is 6.92 Å². The van der Waals surface area contributed by atoms with Crippen LogP contribution in [0.5, 0.6) is 0 Å². The molecule has 2 amide bonds. The van der Waals surface area contributed by atoms with E-state index < -0.39 is 18.1 Å². The summed E-state index contributed by atoms with van der Waals surface area (Å²) in [5.74, 6) is -1.27. The van der Waals surface area contributed by atoms with Gasteiger partial charge in [0.15, 0.2) is 6.10 Å². The molecular weight excluding hydrogens is 344 g/mol. The third kappa shape index (κ3) is 6.70. The molecule has 2 unspecified atom stereocenters. The van der Waals surface area contributed by atoms with Crippen LogP contribution in [0.1, 0.15) is 52.0 Å². The summed E-state index contributed by atoms with van der Waals surface area (Å²) in [6.45, 7) is 5.22. The quantitative estimate of drug-likeness (QED) is 0.684. The molecule has 2 atom stereocenters. The Bertz CT molecular complexity index is 639. The average Bonchev–Trinajstić information content (AvgIpc) is 3.13. The Hall–Kier alpha value is -2.37. The monoisotopic (exact) mass is 374 g/mol. The minimum Gasteiger partial charge on any atom is -0.451 e. The van der Waals surface area contributed by atoms with Gasteiger partial charge < -0.3 is 15.4 Å². The Kier molecular flexibility index (Phi) is 7.82. The number of hydrogen-bond acceptors (Lipinski definition) is 4. The molecule has 1 aromatic carbocycles. The molecule has 0 bridgehead atoms. The third-order valence-electron chi connectivity index (χ3n) is 4.81. The van der Waals surface area contributed by atoms with Crippen LogP contribution >= 0.6 is 0 Å². The molecule has 1 fully saturated rings. The molecule has 2 rings (SSSR count). The Morgan fingerprint density at radius 2 is 1.70 bits per heavy atom. The minimum absolute atomic E-state index is 0.151. The lowest BCUT2D eigenvalue weighted by molar-refractivity contribution is -0.158. The van der Waals surface area contributed by atoms with Crippen molar-refractivity contribution in [1.82, 2.24) is 10.6 Å². The fourth-order valence-corrected chi connectivity index (χ4v) is 3.19. The summed E-state index contributed by atoms with van der Waals surface area (Å²) in [6.07, 6.45) is 3.47. The summed E-state index contributed by atoms with van der Waals surface area (Å²) < 4.78 is 5.33. The molecule has 1 aliphatic carbocycles. The normalized spacial score (nSPS) is 16.6. The smallest absolute Gasteiger partial charge is 0.329 e. The average molecular weight is 374 g/mol. The van der Waals surface area contributed by atoms with Crippen LogP contribution in [0.25, 0.3) is 0 Å². The number of carbonyl (C=O) groups is 3. The van der Waals surface area contributed by atoms with Crippen molar-refractivity contribution in [2.45, 2.75) is 71.1 Å². The summed E-state index contributed by atoms with van der Waals surface area (Å²) in [4.78, 5) is 37.0. The maximum Gasteiger partial charge on any atom is 0.329 e. The van der Waals surface area contributed by atoms with Gasteiger partial charge in [-0.3, -0.25) is 9.59 Å². The van der Waals surface area contributed by atoms with Crippen LogP contribution in [0.3, 0.4) is 0 Å². The van der Waals surface area contributed by atoms with Crippen LogP contribution in [0, 0.1) is 5.92 Å². The van der Waals surface area contributed by atoms with E-state index in [0.717, 1.165) is 31.2 Å². The van der Waals surface area contributed by atoms with Crippen LogP contribution in [-0.4, -0.2) is 36.0 Å². The zero-order valence-corrected chi connectivity index (χ0v) is 16.4. The van der Waals surface area contributed by atoms with E-state index in [1.165, 1.54) is 0 Å². The summed E-state index contributed by atoms with van der Waals surface area (Å²) in [7, 11) is 0. The first kappa shape index (κ1) is 20.9. The molecule has 6 heteroatoms. The van der Waals surface area contributed by atoms with Gasteiger partial charge in [0, 0.05) is 6.04 Å². The van der Waals surface area contributed by atoms with Crippen molar-refractivity contribution in [2.24, 2.45) is 5.92 Å². The molecule has 2 N–H and O–H groups in total. The zero-order valence-electron chi connectivity index (χ0n) is 16.4. The van der Waals surface area contributed by atoms with E-state index in [-0.39, 0.29) is 30.2 Å². The van der Waals surface area contributed by atoms with Crippen LogP contribution in [0.4, 0.5) is 0 Å². The van der Waals surface area contributed by atoms with Gasteiger partial charge in [0.05, 0.1) is 6.42 Å². The van der Waals surface area contributed by atoms with Crippen molar-refractivity contribution in [3.05, 3.63) is 35.9 Å². The van der Waals surface area contributed by atoms with Crippen molar-refractivity contribution in [1.29, 1.82) is 0 Å². The number of ether oxygens (including phenoxy) is 1. The summed E-state index contributed by atoms with van der Waals surface area (Å²) in [6, 6.07) is 8.71.